The normalized spacial score (nSPS) is 20.5. The highest BCUT2D eigenvalue weighted by atomic mass is 16.5. The maximum Gasteiger partial charge on any atom is 0.253 e. The summed E-state index contributed by atoms with van der Waals surface area (Å²) in [4.78, 5) is 38.1. The Balaban J connectivity index is 1.27. The van der Waals surface area contributed by atoms with Gasteiger partial charge in [0, 0.05) is 42.4 Å². The Labute approximate surface area is 204 Å². The summed E-state index contributed by atoms with van der Waals surface area (Å²) in [6.07, 6.45) is 5.64. The van der Waals surface area contributed by atoms with Crippen LogP contribution in [-0.2, 0) is 9.53 Å². The van der Waals surface area contributed by atoms with Crippen LogP contribution in [0.15, 0.2) is 67.0 Å². The molecule has 8 nitrogen and oxygen atoms in total. The molecule has 1 aromatic heterocycles. The molecule has 1 atom stereocenters. The van der Waals surface area contributed by atoms with Gasteiger partial charge in [-0.3, -0.25) is 9.59 Å². The van der Waals surface area contributed by atoms with Crippen LogP contribution in [-0.4, -0.2) is 58.5 Å². The molecule has 180 valence electrons. The fourth-order valence-corrected chi connectivity index (χ4v) is 4.75. The van der Waals surface area contributed by atoms with E-state index in [0.717, 1.165) is 29.8 Å². The number of morpholine rings is 1. The first-order chi connectivity index (χ1) is 17.0. The van der Waals surface area contributed by atoms with Gasteiger partial charge in [-0.25, -0.2) is 9.97 Å². The summed E-state index contributed by atoms with van der Waals surface area (Å²) in [5.74, 6) is 0.446. The van der Waals surface area contributed by atoms with E-state index in [2.05, 4.69) is 15.3 Å². The predicted octanol–water partition coefficient (Wildman–Crippen LogP) is 3.96. The summed E-state index contributed by atoms with van der Waals surface area (Å²) in [5, 5.41) is 3.14. The van der Waals surface area contributed by atoms with Crippen molar-refractivity contribution in [2.75, 3.05) is 36.5 Å². The fourth-order valence-electron chi connectivity index (χ4n) is 4.75. The SMILES string of the molecule is Cc1ccc(N2CC3(CCCN(C(=O)c4cccc(Nc5ncccn5)c4)CC3)OCC2=O)cc1. The quantitative estimate of drug-likeness (QED) is 0.620. The van der Waals surface area contributed by atoms with E-state index in [1.54, 1.807) is 18.5 Å². The Morgan fingerprint density at radius 3 is 2.63 bits per heavy atom. The monoisotopic (exact) mass is 471 g/mol. The standard InChI is InChI=1S/C27H29N5O3/c1-20-7-9-23(10-8-20)32-19-27(35-18-24(32)33)11-3-15-31(16-12-27)25(34)21-5-2-6-22(17-21)30-26-28-13-4-14-29-26/h2,4-10,13-14,17H,3,11-12,15-16,18-19H2,1H3,(H,28,29,30). The van der Waals surface area contributed by atoms with Crippen LogP contribution in [0.4, 0.5) is 17.3 Å². The van der Waals surface area contributed by atoms with Crippen molar-refractivity contribution in [3.8, 4) is 0 Å². The molecule has 3 aromatic rings. The van der Waals surface area contributed by atoms with Crippen molar-refractivity contribution < 1.29 is 14.3 Å². The van der Waals surface area contributed by atoms with E-state index in [1.807, 2.05) is 65.3 Å². The zero-order valence-corrected chi connectivity index (χ0v) is 19.8. The van der Waals surface area contributed by atoms with Crippen molar-refractivity contribution in [1.29, 1.82) is 0 Å². The van der Waals surface area contributed by atoms with Gasteiger partial charge in [-0.15, -0.1) is 0 Å². The lowest BCUT2D eigenvalue weighted by atomic mass is 9.92. The van der Waals surface area contributed by atoms with Crippen LogP contribution in [0.25, 0.3) is 0 Å². The summed E-state index contributed by atoms with van der Waals surface area (Å²) in [7, 11) is 0. The number of hydrogen-bond donors (Lipinski definition) is 1. The van der Waals surface area contributed by atoms with Crippen LogP contribution in [0.1, 0.15) is 35.2 Å². The number of benzene rings is 2. The molecule has 3 heterocycles. The predicted molar refractivity (Wildman–Crippen MR) is 134 cm³/mol. The van der Waals surface area contributed by atoms with Gasteiger partial charge in [-0.05, 0) is 62.6 Å². The van der Waals surface area contributed by atoms with E-state index < -0.39 is 5.60 Å². The third-order valence-electron chi connectivity index (χ3n) is 6.71. The smallest absolute Gasteiger partial charge is 0.253 e. The van der Waals surface area contributed by atoms with Gasteiger partial charge < -0.3 is 19.9 Å². The van der Waals surface area contributed by atoms with Gasteiger partial charge in [0.25, 0.3) is 11.8 Å². The molecule has 35 heavy (non-hydrogen) atoms. The number of hydrogen-bond acceptors (Lipinski definition) is 6. The highest BCUT2D eigenvalue weighted by molar-refractivity contribution is 5.96. The molecule has 1 N–H and O–H groups in total. The van der Waals surface area contributed by atoms with Crippen LogP contribution >= 0.6 is 0 Å². The number of aromatic nitrogens is 2. The van der Waals surface area contributed by atoms with Crippen molar-refractivity contribution in [3.63, 3.8) is 0 Å². The van der Waals surface area contributed by atoms with Crippen LogP contribution in [0.5, 0.6) is 0 Å². The molecule has 5 rings (SSSR count). The van der Waals surface area contributed by atoms with E-state index in [1.165, 1.54) is 0 Å². The van der Waals surface area contributed by atoms with Gasteiger partial charge in [0.2, 0.25) is 5.95 Å². The lowest BCUT2D eigenvalue weighted by Gasteiger charge is -2.42. The largest absolute Gasteiger partial charge is 0.363 e. The minimum atomic E-state index is -0.443. The second-order valence-electron chi connectivity index (χ2n) is 9.21. The van der Waals surface area contributed by atoms with Crippen LogP contribution in [0.3, 0.4) is 0 Å². The molecule has 8 heteroatoms. The molecule has 0 saturated carbocycles. The highest BCUT2D eigenvalue weighted by Gasteiger charge is 2.42. The molecule has 2 amide bonds. The van der Waals surface area contributed by atoms with Crippen molar-refractivity contribution in [3.05, 3.63) is 78.1 Å². The number of rotatable bonds is 4. The first-order valence-corrected chi connectivity index (χ1v) is 12.0. The first-order valence-electron chi connectivity index (χ1n) is 12.0. The molecule has 0 bridgehead atoms. The van der Waals surface area contributed by atoms with Gasteiger partial charge in [-0.1, -0.05) is 23.8 Å². The van der Waals surface area contributed by atoms with Crippen molar-refractivity contribution in [1.82, 2.24) is 14.9 Å². The average molecular weight is 472 g/mol. The number of nitrogens with one attached hydrogen (secondary N) is 1. The van der Waals surface area contributed by atoms with Crippen LogP contribution < -0.4 is 10.2 Å². The number of aryl methyl sites for hydroxylation is 1. The topological polar surface area (TPSA) is 87.7 Å². The van der Waals surface area contributed by atoms with Crippen LogP contribution in [0.2, 0.25) is 0 Å². The average Bonchev–Trinajstić information content (AvgIpc) is 3.09. The molecule has 0 aliphatic carbocycles. The fraction of sp³-hybridized carbons (Fsp3) is 0.333. The van der Waals surface area contributed by atoms with Gasteiger partial charge in [0.1, 0.15) is 6.61 Å². The number of nitrogens with zero attached hydrogens (tertiary/aromatic N) is 4. The summed E-state index contributed by atoms with van der Waals surface area (Å²) in [6.45, 7) is 3.84. The van der Waals surface area contributed by atoms with Gasteiger partial charge >= 0.3 is 0 Å². The van der Waals surface area contributed by atoms with E-state index in [-0.39, 0.29) is 18.4 Å². The third kappa shape index (κ3) is 5.17. The molecule has 2 fully saturated rings. The number of carbonyl (C=O) groups excluding carboxylic acids is 2. The zero-order valence-electron chi connectivity index (χ0n) is 19.8. The van der Waals surface area contributed by atoms with E-state index in [4.69, 9.17) is 4.74 Å². The minimum absolute atomic E-state index is 0.0121. The zero-order chi connectivity index (χ0) is 24.3. The van der Waals surface area contributed by atoms with Gasteiger partial charge in [0.05, 0.1) is 12.1 Å². The van der Waals surface area contributed by atoms with Gasteiger partial charge in [0.15, 0.2) is 0 Å². The number of likely N-dealkylation sites (tertiary alicyclic amines) is 1. The Hall–Kier alpha value is -3.78. The molecule has 2 aliphatic heterocycles. The number of amides is 2. The maximum absolute atomic E-state index is 13.4. The maximum atomic E-state index is 13.4. The Bertz CT molecular complexity index is 1200. The Morgan fingerprint density at radius 2 is 1.83 bits per heavy atom. The number of ether oxygens (including phenoxy) is 1. The molecule has 2 saturated heterocycles. The molecule has 0 radical (unpaired) electrons. The summed E-state index contributed by atoms with van der Waals surface area (Å²) in [6, 6.07) is 17.2. The number of anilines is 3. The van der Waals surface area contributed by atoms with E-state index in [0.29, 0.717) is 37.6 Å². The van der Waals surface area contributed by atoms with E-state index in [9.17, 15) is 9.59 Å². The number of carbonyl (C=O) groups is 2. The second-order valence-corrected chi connectivity index (χ2v) is 9.21. The molecular formula is C27H29N5O3. The second kappa shape index (κ2) is 9.84. The third-order valence-corrected chi connectivity index (χ3v) is 6.71. The van der Waals surface area contributed by atoms with Crippen molar-refractivity contribution in [2.45, 2.75) is 31.8 Å². The van der Waals surface area contributed by atoms with Crippen LogP contribution in [0, 0.1) is 6.92 Å². The van der Waals surface area contributed by atoms with Crippen molar-refractivity contribution >= 4 is 29.1 Å². The lowest BCUT2D eigenvalue weighted by molar-refractivity contribution is -0.140. The Morgan fingerprint density at radius 1 is 1.03 bits per heavy atom. The highest BCUT2D eigenvalue weighted by Crippen LogP contribution is 2.33. The lowest BCUT2D eigenvalue weighted by Crippen LogP contribution is -2.55. The molecular weight excluding hydrogens is 442 g/mol. The molecule has 1 spiro atoms. The van der Waals surface area contributed by atoms with Crippen molar-refractivity contribution in [2.24, 2.45) is 0 Å². The van der Waals surface area contributed by atoms with E-state index >= 15 is 0 Å². The summed E-state index contributed by atoms with van der Waals surface area (Å²) in [5.41, 5.74) is 2.98. The molecule has 2 aliphatic rings. The molecule has 1 unspecified atom stereocenters. The summed E-state index contributed by atoms with van der Waals surface area (Å²) < 4.78 is 6.14. The Kier molecular flexibility index (Phi) is 6.46. The molecule has 2 aromatic carbocycles. The van der Waals surface area contributed by atoms with Gasteiger partial charge in [-0.2, -0.15) is 0 Å². The first kappa shape index (κ1) is 23.0. The summed E-state index contributed by atoms with van der Waals surface area (Å²) >= 11 is 0. The minimum Gasteiger partial charge on any atom is -0.363 e.